The topological polar surface area (TPSA) is 95.5 Å². The Morgan fingerprint density at radius 1 is 1.07 bits per heavy atom. The SMILES string of the molecule is O=C(Nc1ccc(F)c(Br)c1)c1cc(S(=O)(=O)NC2CCCC(O)C2)c(F)cc1F. The zero-order valence-corrected chi connectivity index (χ0v) is 17.9. The minimum atomic E-state index is -4.41. The molecule has 0 radical (unpaired) electrons. The lowest BCUT2D eigenvalue weighted by atomic mass is 9.94. The number of aliphatic hydroxyl groups excluding tert-OH is 1. The number of carbonyl (C=O) groups is 1. The number of amides is 1. The molecule has 162 valence electrons. The van der Waals surface area contributed by atoms with Gasteiger partial charge in [-0.1, -0.05) is 0 Å². The first-order valence-corrected chi connectivity index (χ1v) is 11.3. The van der Waals surface area contributed by atoms with Gasteiger partial charge in [-0.2, -0.15) is 0 Å². The summed E-state index contributed by atoms with van der Waals surface area (Å²) < 4.78 is 69.4. The van der Waals surface area contributed by atoms with Crippen molar-refractivity contribution in [1.29, 1.82) is 0 Å². The minimum Gasteiger partial charge on any atom is -0.393 e. The lowest BCUT2D eigenvalue weighted by Crippen LogP contribution is -2.40. The second-order valence-corrected chi connectivity index (χ2v) is 9.52. The lowest BCUT2D eigenvalue weighted by molar-refractivity contribution is 0.102. The minimum absolute atomic E-state index is 0.0574. The average Bonchev–Trinajstić information content (AvgIpc) is 2.64. The fourth-order valence-corrected chi connectivity index (χ4v) is 4.98. The van der Waals surface area contributed by atoms with Gasteiger partial charge in [0.25, 0.3) is 5.91 Å². The molecule has 0 aromatic heterocycles. The van der Waals surface area contributed by atoms with Crippen molar-refractivity contribution in [2.24, 2.45) is 0 Å². The van der Waals surface area contributed by atoms with Gasteiger partial charge < -0.3 is 10.4 Å². The third-order valence-corrected chi connectivity index (χ3v) is 6.84. The molecule has 3 N–H and O–H groups in total. The molecule has 0 heterocycles. The summed E-state index contributed by atoms with van der Waals surface area (Å²) in [6.07, 6.45) is 1.12. The number of halogens is 4. The van der Waals surface area contributed by atoms with Crippen LogP contribution in [0.5, 0.6) is 0 Å². The quantitative estimate of drug-likeness (QED) is 0.576. The van der Waals surface area contributed by atoms with E-state index in [1.54, 1.807) is 0 Å². The molecule has 2 atom stereocenters. The van der Waals surface area contributed by atoms with Crippen molar-refractivity contribution in [2.45, 2.75) is 42.7 Å². The molecule has 3 rings (SSSR count). The fourth-order valence-electron chi connectivity index (χ4n) is 3.24. The van der Waals surface area contributed by atoms with Crippen LogP contribution < -0.4 is 10.0 Å². The van der Waals surface area contributed by atoms with E-state index >= 15 is 0 Å². The van der Waals surface area contributed by atoms with Gasteiger partial charge in [0.05, 0.1) is 16.1 Å². The van der Waals surface area contributed by atoms with Crippen molar-refractivity contribution in [2.75, 3.05) is 5.32 Å². The monoisotopic (exact) mass is 506 g/mol. The van der Waals surface area contributed by atoms with E-state index in [0.717, 1.165) is 6.07 Å². The Balaban J connectivity index is 1.87. The Morgan fingerprint density at radius 2 is 1.80 bits per heavy atom. The number of anilines is 1. The summed E-state index contributed by atoms with van der Waals surface area (Å²) in [4.78, 5) is 11.5. The van der Waals surface area contributed by atoms with Crippen LogP contribution in [0.25, 0.3) is 0 Å². The van der Waals surface area contributed by atoms with Gasteiger partial charge >= 0.3 is 0 Å². The molecular formula is C19H18BrF3N2O4S. The smallest absolute Gasteiger partial charge is 0.258 e. The van der Waals surface area contributed by atoms with E-state index in [1.165, 1.54) is 12.1 Å². The van der Waals surface area contributed by atoms with E-state index in [-0.39, 0.29) is 16.6 Å². The Bertz CT molecular complexity index is 1080. The van der Waals surface area contributed by atoms with Crippen LogP contribution >= 0.6 is 15.9 Å². The standard InChI is InChI=1S/C19H18BrF3N2O4S/c20-14-7-10(4-5-15(14)21)24-19(27)13-8-18(17(23)9-16(13)22)30(28,29)25-11-2-1-3-12(26)6-11/h4-5,7-9,11-12,25-26H,1-3,6H2,(H,24,27). The summed E-state index contributed by atoms with van der Waals surface area (Å²) in [7, 11) is -4.41. The van der Waals surface area contributed by atoms with Crippen LogP contribution in [0.1, 0.15) is 36.0 Å². The highest BCUT2D eigenvalue weighted by Crippen LogP contribution is 2.25. The van der Waals surface area contributed by atoms with Crippen molar-refractivity contribution < 1.29 is 31.5 Å². The maximum absolute atomic E-state index is 14.3. The van der Waals surface area contributed by atoms with E-state index in [2.05, 4.69) is 26.0 Å². The first-order valence-electron chi connectivity index (χ1n) is 9.02. The zero-order valence-electron chi connectivity index (χ0n) is 15.5. The zero-order chi connectivity index (χ0) is 22.1. The summed E-state index contributed by atoms with van der Waals surface area (Å²) in [5.41, 5.74) is -0.573. The fraction of sp³-hybridized carbons (Fsp3) is 0.316. The number of nitrogens with one attached hydrogen (secondary N) is 2. The predicted octanol–water partition coefficient (Wildman–Crippen LogP) is 3.70. The van der Waals surface area contributed by atoms with Gasteiger partial charge in [-0.3, -0.25) is 4.79 Å². The highest BCUT2D eigenvalue weighted by molar-refractivity contribution is 9.10. The molecule has 1 aliphatic carbocycles. The highest BCUT2D eigenvalue weighted by atomic mass is 79.9. The van der Waals surface area contributed by atoms with Gasteiger partial charge in [-0.15, -0.1) is 0 Å². The molecule has 2 unspecified atom stereocenters. The molecule has 1 fully saturated rings. The van der Waals surface area contributed by atoms with Crippen LogP contribution in [0.15, 0.2) is 39.7 Å². The van der Waals surface area contributed by atoms with Crippen molar-refractivity contribution in [3.63, 3.8) is 0 Å². The van der Waals surface area contributed by atoms with Gasteiger partial charge in [0, 0.05) is 17.8 Å². The second-order valence-electron chi connectivity index (χ2n) is 6.98. The van der Waals surface area contributed by atoms with Crippen molar-refractivity contribution in [1.82, 2.24) is 4.72 Å². The van der Waals surface area contributed by atoms with Crippen LogP contribution in [0.3, 0.4) is 0 Å². The first kappa shape index (κ1) is 22.7. The van der Waals surface area contributed by atoms with Crippen molar-refractivity contribution in [3.05, 3.63) is 57.8 Å². The van der Waals surface area contributed by atoms with Crippen LogP contribution in [0, 0.1) is 17.5 Å². The largest absolute Gasteiger partial charge is 0.393 e. The summed E-state index contributed by atoms with van der Waals surface area (Å²) in [6, 6.07) is 3.87. The first-order chi connectivity index (χ1) is 14.1. The molecule has 0 aliphatic heterocycles. The lowest BCUT2D eigenvalue weighted by Gasteiger charge is -2.26. The van der Waals surface area contributed by atoms with E-state index in [9.17, 15) is 31.5 Å². The van der Waals surface area contributed by atoms with Crippen LogP contribution in [-0.4, -0.2) is 31.6 Å². The summed E-state index contributed by atoms with van der Waals surface area (Å²) >= 11 is 2.95. The summed E-state index contributed by atoms with van der Waals surface area (Å²) in [5.74, 6) is -4.21. The van der Waals surface area contributed by atoms with Crippen LogP contribution in [0.4, 0.5) is 18.9 Å². The summed E-state index contributed by atoms with van der Waals surface area (Å²) in [6.45, 7) is 0. The Kier molecular flexibility index (Phi) is 6.85. The Hall–Kier alpha value is -1.95. The van der Waals surface area contributed by atoms with Crippen LogP contribution in [0.2, 0.25) is 0 Å². The van der Waals surface area contributed by atoms with Gasteiger partial charge in [-0.25, -0.2) is 26.3 Å². The summed E-state index contributed by atoms with van der Waals surface area (Å²) in [5, 5.41) is 12.0. The van der Waals surface area contributed by atoms with E-state index < -0.39 is 56.0 Å². The molecule has 2 aromatic rings. The molecule has 1 saturated carbocycles. The van der Waals surface area contributed by atoms with E-state index in [1.807, 2.05) is 0 Å². The second kappa shape index (κ2) is 9.04. The average molecular weight is 507 g/mol. The normalized spacial score (nSPS) is 19.5. The molecule has 2 aromatic carbocycles. The molecule has 1 aliphatic rings. The molecule has 6 nitrogen and oxygen atoms in total. The highest BCUT2D eigenvalue weighted by Gasteiger charge is 2.29. The number of rotatable bonds is 5. The number of benzene rings is 2. The Labute approximate surface area is 179 Å². The predicted molar refractivity (Wildman–Crippen MR) is 107 cm³/mol. The number of hydrogen-bond acceptors (Lipinski definition) is 4. The molecule has 0 spiro atoms. The molecule has 0 saturated heterocycles. The molecular weight excluding hydrogens is 489 g/mol. The van der Waals surface area contributed by atoms with Gasteiger partial charge in [0.1, 0.15) is 22.3 Å². The molecule has 11 heteroatoms. The number of sulfonamides is 1. The van der Waals surface area contributed by atoms with Gasteiger partial charge in [-0.05, 0) is 65.9 Å². The third-order valence-electron chi connectivity index (χ3n) is 4.70. The molecule has 0 bridgehead atoms. The van der Waals surface area contributed by atoms with E-state index in [0.29, 0.717) is 31.4 Å². The maximum Gasteiger partial charge on any atom is 0.258 e. The third kappa shape index (κ3) is 5.20. The maximum atomic E-state index is 14.3. The number of carbonyl (C=O) groups excluding carboxylic acids is 1. The number of hydrogen-bond donors (Lipinski definition) is 3. The van der Waals surface area contributed by atoms with Crippen molar-refractivity contribution >= 4 is 37.5 Å². The number of aliphatic hydroxyl groups is 1. The Morgan fingerprint density at radius 3 is 2.47 bits per heavy atom. The molecule has 30 heavy (non-hydrogen) atoms. The van der Waals surface area contributed by atoms with Gasteiger partial charge in [0.2, 0.25) is 10.0 Å². The van der Waals surface area contributed by atoms with Crippen molar-refractivity contribution in [3.8, 4) is 0 Å². The van der Waals surface area contributed by atoms with Gasteiger partial charge in [0.15, 0.2) is 0 Å². The van der Waals surface area contributed by atoms with E-state index in [4.69, 9.17) is 0 Å². The molecule has 1 amide bonds. The van der Waals surface area contributed by atoms with Crippen LogP contribution in [-0.2, 0) is 10.0 Å².